The predicted molar refractivity (Wildman–Crippen MR) is 116 cm³/mol. The molecule has 26 heavy (non-hydrogen) atoms. The minimum absolute atomic E-state index is 0. The molecule has 7 nitrogen and oxygen atoms in total. The van der Waals surface area contributed by atoms with Crippen molar-refractivity contribution in [2.45, 2.75) is 71.4 Å². The number of halogens is 1. The highest BCUT2D eigenvalue weighted by Crippen LogP contribution is 2.17. The first-order valence-corrected chi connectivity index (χ1v) is 9.82. The molecule has 8 heteroatoms. The Balaban J connectivity index is 0.00000338. The number of guanidine groups is 1. The van der Waals surface area contributed by atoms with Gasteiger partial charge in [0.25, 0.3) is 0 Å². The lowest BCUT2D eigenvalue weighted by atomic mass is 9.96. The number of nitrogens with zero attached hydrogens (tertiary/aromatic N) is 4. The predicted octanol–water partition coefficient (Wildman–Crippen LogP) is 2.75. The summed E-state index contributed by atoms with van der Waals surface area (Å²) in [6.07, 6.45) is 10.1. The zero-order valence-electron chi connectivity index (χ0n) is 16.2. The fourth-order valence-electron chi connectivity index (χ4n) is 3.13. The van der Waals surface area contributed by atoms with Crippen LogP contribution in [0.4, 0.5) is 0 Å². The highest BCUT2D eigenvalue weighted by Gasteiger charge is 2.14. The average molecular weight is 478 g/mol. The Labute approximate surface area is 174 Å². The maximum atomic E-state index is 5.39. The van der Waals surface area contributed by atoms with E-state index in [2.05, 4.69) is 32.3 Å². The van der Waals surface area contributed by atoms with E-state index in [-0.39, 0.29) is 24.0 Å². The van der Waals surface area contributed by atoms with Gasteiger partial charge in [-0.3, -0.25) is 4.99 Å². The van der Waals surface area contributed by atoms with Crippen molar-refractivity contribution in [2.24, 2.45) is 4.99 Å². The quantitative estimate of drug-likeness (QED) is 0.234. The minimum atomic E-state index is 0. The van der Waals surface area contributed by atoms with Crippen molar-refractivity contribution in [1.82, 2.24) is 25.4 Å². The Hall–Kier alpha value is -0.900. The third-order valence-electron chi connectivity index (χ3n) is 4.52. The molecule has 0 bridgehead atoms. The number of nitrogens with one attached hydrogen (secondary N) is 2. The van der Waals surface area contributed by atoms with Gasteiger partial charge in [0.15, 0.2) is 5.96 Å². The van der Waals surface area contributed by atoms with E-state index in [9.17, 15) is 0 Å². The molecular weight excluding hydrogens is 443 g/mol. The molecule has 1 fully saturated rings. The lowest BCUT2D eigenvalue weighted by Crippen LogP contribution is -2.45. The molecular formula is C18H35IN6O. The molecule has 0 saturated heterocycles. The van der Waals surface area contributed by atoms with Crippen LogP contribution in [0.2, 0.25) is 0 Å². The van der Waals surface area contributed by atoms with Crippen molar-refractivity contribution in [3.05, 3.63) is 12.2 Å². The van der Waals surface area contributed by atoms with Crippen LogP contribution in [0.3, 0.4) is 0 Å². The van der Waals surface area contributed by atoms with E-state index >= 15 is 0 Å². The summed E-state index contributed by atoms with van der Waals surface area (Å²) in [6, 6.07) is 0.549. The van der Waals surface area contributed by atoms with Crippen LogP contribution in [0.25, 0.3) is 0 Å². The molecule has 0 atom stereocenters. The standard InChI is InChI=1S/C18H34N6O.HI/c1-3-17-23-21-15-24(17)13-12-20-18(19-11-8-14-25-4-2)22-16-9-6-5-7-10-16;/h15-16H,3-14H2,1-2H3,(H2,19,20,22);1H. The van der Waals surface area contributed by atoms with Crippen LogP contribution in [0.5, 0.6) is 0 Å². The minimum Gasteiger partial charge on any atom is -0.382 e. The van der Waals surface area contributed by atoms with Gasteiger partial charge in [0, 0.05) is 45.3 Å². The molecule has 1 aromatic rings. The topological polar surface area (TPSA) is 76.4 Å². The molecule has 150 valence electrons. The molecule has 0 amide bonds. The van der Waals surface area contributed by atoms with Crippen molar-refractivity contribution in [3.8, 4) is 0 Å². The van der Waals surface area contributed by atoms with Gasteiger partial charge in [0.2, 0.25) is 0 Å². The van der Waals surface area contributed by atoms with E-state index in [0.717, 1.165) is 57.5 Å². The summed E-state index contributed by atoms with van der Waals surface area (Å²) >= 11 is 0. The highest BCUT2D eigenvalue weighted by molar-refractivity contribution is 14.0. The largest absolute Gasteiger partial charge is 0.382 e. The zero-order valence-corrected chi connectivity index (χ0v) is 18.6. The molecule has 1 saturated carbocycles. The zero-order chi connectivity index (χ0) is 17.7. The molecule has 0 aromatic carbocycles. The maximum Gasteiger partial charge on any atom is 0.191 e. The molecule has 1 heterocycles. The molecule has 0 radical (unpaired) electrons. The molecule has 1 aromatic heterocycles. The Morgan fingerprint density at radius 2 is 2.12 bits per heavy atom. The first kappa shape index (κ1) is 23.1. The summed E-state index contributed by atoms with van der Waals surface area (Å²) in [5.74, 6) is 1.95. The van der Waals surface area contributed by atoms with Gasteiger partial charge in [-0.2, -0.15) is 0 Å². The first-order chi connectivity index (χ1) is 12.3. The van der Waals surface area contributed by atoms with E-state index in [0.29, 0.717) is 6.04 Å². The number of aromatic nitrogens is 3. The van der Waals surface area contributed by atoms with Crippen molar-refractivity contribution < 1.29 is 4.74 Å². The monoisotopic (exact) mass is 478 g/mol. The fourth-order valence-corrected chi connectivity index (χ4v) is 3.13. The van der Waals surface area contributed by atoms with Crippen molar-refractivity contribution in [2.75, 3.05) is 26.3 Å². The maximum absolute atomic E-state index is 5.39. The van der Waals surface area contributed by atoms with Crippen LogP contribution in [-0.2, 0) is 17.7 Å². The third kappa shape index (κ3) is 8.66. The summed E-state index contributed by atoms with van der Waals surface area (Å²) in [5, 5.41) is 15.2. The lowest BCUT2D eigenvalue weighted by molar-refractivity contribution is 0.146. The van der Waals surface area contributed by atoms with E-state index in [1.807, 2.05) is 6.92 Å². The van der Waals surface area contributed by atoms with Gasteiger partial charge in [-0.05, 0) is 26.2 Å². The van der Waals surface area contributed by atoms with Crippen molar-refractivity contribution in [3.63, 3.8) is 0 Å². The summed E-state index contributed by atoms with van der Waals surface area (Å²) in [6.45, 7) is 8.12. The van der Waals surface area contributed by atoms with Gasteiger partial charge in [0.05, 0.1) is 0 Å². The second kappa shape index (κ2) is 14.2. The van der Waals surface area contributed by atoms with Gasteiger partial charge in [0.1, 0.15) is 12.2 Å². The second-order valence-electron chi connectivity index (χ2n) is 6.48. The average Bonchev–Trinajstić information content (AvgIpc) is 3.09. The van der Waals surface area contributed by atoms with Crippen molar-refractivity contribution >= 4 is 29.9 Å². The number of hydrogen-bond acceptors (Lipinski definition) is 4. The number of aryl methyl sites for hydroxylation is 1. The SMILES string of the molecule is CCOCCCN=C(NCCn1cnnc1CC)NC1CCCCC1.I. The van der Waals surface area contributed by atoms with Gasteiger partial charge < -0.3 is 19.9 Å². The fraction of sp³-hybridized carbons (Fsp3) is 0.833. The summed E-state index contributed by atoms with van der Waals surface area (Å²) in [5.41, 5.74) is 0. The molecule has 1 aliphatic rings. The number of ether oxygens (including phenoxy) is 1. The summed E-state index contributed by atoms with van der Waals surface area (Å²) in [7, 11) is 0. The molecule has 0 unspecified atom stereocenters. The first-order valence-electron chi connectivity index (χ1n) is 9.82. The Morgan fingerprint density at radius 1 is 1.31 bits per heavy atom. The van der Waals surface area contributed by atoms with Gasteiger partial charge in [-0.15, -0.1) is 34.2 Å². The molecule has 2 N–H and O–H groups in total. The summed E-state index contributed by atoms with van der Waals surface area (Å²) in [4.78, 5) is 4.72. The molecule has 1 aliphatic carbocycles. The number of aliphatic imine (C=N–C) groups is 1. The second-order valence-corrected chi connectivity index (χ2v) is 6.48. The van der Waals surface area contributed by atoms with E-state index in [1.54, 1.807) is 6.33 Å². The Kier molecular flexibility index (Phi) is 12.6. The molecule has 2 rings (SSSR count). The van der Waals surface area contributed by atoms with Crippen LogP contribution >= 0.6 is 24.0 Å². The van der Waals surface area contributed by atoms with Crippen LogP contribution in [0.15, 0.2) is 11.3 Å². The number of hydrogen-bond donors (Lipinski definition) is 2. The smallest absolute Gasteiger partial charge is 0.191 e. The van der Waals surface area contributed by atoms with Crippen LogP contribution in [-0.4, -0.2) is 53.1 Å². The molecule has 0 aliphatic heterocycles. The summed E-state index contributed by atoms with van der Waals surface area (Å²) < 4.78 is 7.49. The Morgan fingerprint density at radius 3 is 2.85 bits per heavy atom. The van der Waals surface area contributed by atoms with Crippen LogP contribution < -0.4 is 10.6 Å². The van der Waals surface area contributed by atoms with Crippen molar-refractivity contribution in [1.29, 1.82) is 0 Å². The van der Waals surface area contributed by atoms with Gasteiger partial charge >= 0.3 is 0 Å². The number of rotatable bonds is 10. The molecule has 0 spiro atoms. The van der Waals surface area contributed by atoms with Gasteiger partial charge in [-0.25, -0.2) is 0 Å². The lowest BCUT2D eigenvalue weighted by Gasteiger charge is -2.25. The van der Waals surface area contributed by atoms with E-state index in [4.69, 9.17) is 9.73 Å². The normalized spacial score (nSPS) is 15.5. The van der Waals surface area contributed by atoms with Gasteiger partial charge in [-0.1, -0.05) is 26.2 Å². The van der Waals surface area contributed by atoms with Crippen LogP contribution in [0.1, 0.15) is 58.2 Å². The van der Waals surface area contributed by atoms with E-state index in [1.165, 1.54) is 32.1 Å². The van der Waals surface area contributed by atoms with Crippen LogP contribution in [0, 0.1) is 0 Å². The third-order valence-corrected chi connectivity index (χ3v) is 4.52. The Bertz CT molecular complexity index is 502. The highest BCUT2D eigenvalue weighted by atomic mass is 127. The van der Waals surface area contributed by atoms with E-state index < -0.39 is 0 Å².